The van der Waals surface area contributed by atoms with E-state index in [-0.39, 0.29) is 36.1 Å². The van der Waals surface area contributed by atoms with Gasteiger partial charge in [0.15, 0.2) is 0 Å². The Balaban J connectivity index is 1.91. The highest BCUT2D eigenvalue weighted by Crippen LogP contribution is 2.40. The summed E-state index contributed by atoms with van der Waals surface area (Å²) in [5.74, 6) is -0.106. The van der Waals surface area contributed by atoms with Crippen LogP contribution in [0.1, 0.15) is 53.6 Å². The Morgan fingerprint density at radius 1 is 0.947 bits per heavy atom. The van der Waals surface area contributed by atoms with Gasteiger partial charge in [-0.15, -0.1) is 0 Å². The molecule has 2 unspecified atom stereocenters. The third kappa shape index (κ3) is 7.33. The molecule has 1 heterocycles. The molecule has 13 heteroatoms. The van der Waals surface area contributed by atoms with E-state index in [9.17, 15) is 44.3 Å². The average Bonchev–Trinajstić information content (AvgIpc) is 2.83. The van der Waals surface area contributed by atoms with E-state index in [1.165, 1.54) is 6.07 Å². The van der Waals surface area contributed by atoms with E-state index in [0.29, 0.717) is 43.8 Å². The van der Waals surface area contributed by atoms with E-state index in [1.54, 1.807) is 0 Å². The monoisotopic (exact) mass is 556 g/mol. The number of nitrogens with one attached hydrogen (secondary N) is 1. The molecule has 4 nitrogen and oxygen atoms in total. The molecule has 0 amide bonds. The lowest BCUT2D eigenvalue weighted by molar-refractivity contribution is -0.143. The van der Waals surface area contributed by atoms with Crippen molar-refractivity contribution in [3.8, 4) is 0 Å². The summed E-state index contributed by atoms with van der Waals surface area (Å²) in [7, 11) is 0. The number of benzene rings is 2. The van der Waals surface area contributed by atoms with E-state index in [2.05, 4.69) is 5.32 Å². The second-order valence-electron chi connectivity index (χ2n) is 9.06. The van der Waals surface area contributed by atoms with Crippen LogP contribution in [0.25, 0.3) is 0 Å². The third-order valence-corrected chi connectivity index (χ3v) is 6.41. The molecule has 0 aliphatic carbocycles. The van der Waals surface area contributed by atoms with E-state index >= 15 is 0 Å². The first-order valence-corrected chi connectivity index (χ1v) is 11.7. The molecule has 0 aromatic heterocycles. The maximum Gasteiger partial charge on any atom is 0.416 e. The topological polar surface area (TPSA) is 41.6 Å². The van der Waals surface area contributed by atoms with Crippen LogP contribution in [0.3, 0.4) is 0 Å². The van der Waals surface area contributed by atoms with Crippen molar-refractivity contribution in [2.75, 3.05) is 24.6 Å². The molecule has 210 valence electrons. The molecule has 0 saturated carbocycles. The molecule has 1 aliphatic rings. The van der Waals surface area contributed by atoms with Crippen molar-refractivity contribution in [3.05, 3.63) is 64.2 Å². The predicted molar refractivity (Wildman–Crippen MR) is 120 cm³/mol. The van der Waals surface area contributed by atoms with Gasteiger partial charge in [0, 0.05) is 37.3 Å². The summed E-state index contributed by atoms with van der Waals surface area (Å²) < 4.78 is 124. The summed E-state index contributed by atoms with van der Waals surface area (Å²) in [5, 5.41) is 2.85. The summed E-state index contributed by atoms with van der Waals surface area (Å²) in [6.45, 7) is 2.58. The zero-order chi connectivity index (χ0) is 28.3. The van der Waals surface area contributed by atoms with E-state index in [4.69, 9.17) is 4.74 Å². The number of rotatable bonds is 9. The molecule has 1 N–H and O–H groups in total. The van der Waals surface area contributed by atoms with Crippen molar-refractivity contribution < 1.29 is 49.0 Å². The minimum atomic E-state index is -5.01. The highest BCUT2D eigenvalue weighted by atomic mass is 19.4. The van der Waals surface area contributed by atoms with Gasteiger partial charge in [0.05, 0.1) is 23.3 Å². The summed E-state index contributed by atoms with van der Waals surface area (Å²) in [6, 6.07) is 3.58. The number of nitrogens with zero attached hydrogens (tertiary/aromatic N) is 1. The minimum absolute atomic E-state index is 0.0192. The van der Waals surface area contributed by atoms with Gasteiger partial charge in [-0.3, -0.25) is 4.79 Å². The Bertz CT molecular complexity index is 1080. The molecule has 0 spiro atoms. The Labute approximate surface area is 212 Å². The highest BCUT2D eigenvalue weighted by Gasteiger charge is 2.37. The van der Waals surface area contributed by atoms with Crippen molar-refractivity contribution in [1.82, 2.24) is 5.32 Å². The van der Waals surface area contributed by atoms with Crippen LogP contribution in [0, 0.1) is 5.92 Å². The first kappa shape index (κ1) is 29.6. The van der Waals surface area contributed by atoms with Crippen LogP contribution < -0.4 is 10.2 Å². The maximum atomic E-state index is 13.5. The van der Waals surface area contributed by atoms with Crippen molar-refractivity contribution in [3.63, 3.8) is 0 Å². The molecule has 2 aromatic rings. The smallest absolute Gasteiger partial charge is 0.416 e. The zero-order valence-electron chi connectivity index (χ0n) is 20.1. The SMILES string of the molecule is CCC(COC=O)CN1CCC(NCc2cc(C(F)(F)F)cc(C(F)(F)F)c2)c2cc(C(F)(F)F)ccc21. The number of ether oxygens (including phenoxy) is 1. The first-order valence-electron chi connectivity index (χ1n) is 11.7. The number of alkyl halides is 9. The minimum Gasteiger partial charge on any atom is -0.468 e. The van der Waals surface area contributed by atoms with Gasteiger partial charge < -0.3 is 15.0 Å². The fourth-order valence-corrected chi connectivity index (χ4v) is 4.41. The number of hydrogen-bond donors (Lipinski definition) is 1. The molecular weight excluding hydrogens is 531 g/mol. The van der Waals surface area contributed by atoms with Gasteiger partial charge in [0.2, 0.25) is 0 Å². The molecule has 1 aliphatic heterocycles. The summed E-state index contributed by atoms with van der Waals surface area (Å²) >= 11 is 0. The standard InChI is InChI=1S/C25H25F9N2O2/c1-2-15(13-38-14-37)12-36-6-5-21(20-10-17(23(26,27)28)3-4-22(20)36)35-11-16-7-18(24(29,30)31)9-19(8-16)25(32,33)34/h3-4,7-10,14-15,21,35H,2,5-6,11-13H2,1H3. The average molecular weight is 556 g/mol. The molecule has 0 saturated heterocycles. The van der Waals surface area contributed by atoms with Gasteiger partial charge in [-0.05, 0) is 60.4 Å². The van der Waals surface area contributed by atoms with Crippen LogP contribution >= 0.6 is 0 Å². The Kier molecular flexibility index (Phi) is 8.89. The lowest BCUT2D eigenvalue weighted by Gasteiger charge is -2.38. The lowest BCUT2D eigenvalue weighted by Crippen LogP contribution is -2.39. The lowest BCUT2D eigenvalue weighted by atomic mass is 9.92. The van der Waals surface area contributed by atoms with E-state index in [0.717, 1.165) is 12.1 Å². The second-order valence-corrected chi connectivity index (χ2v) is 9.06. The molecule has 0 fully saturated rings. The Hall–Kier alpha value is -2.96. The van der Waals surface area contributed by atoms with Gasteiger partial charge in [0.25, 0.3) is 6.47 Å². The largest absolute Gasteiger partial charge is 0.468 e. The van der Waals surface area contributed by atoms with Gasteiger partial charge >= 0.3 is 18.5 Å². The quantitative estimate of drug-likeness (QED) is 0.267. The van der Waals surface area contributed by atoms with Crippen LogP contribution in [0.4, 0.5) is 45.2 Å². The maximum absolute atomic E-state index is 13.5. The molecule has 0 radical (unpaired) electrons. The van der Waals surface area contributed by atoms with Gasteiger partial charge in [-0.1, -0.05) is 6.92 Å². The van der Waals surface area contributed by atoms with Crippen molar-refractivity contribution in [1.29, 1.82) is 0 Å². The molecule has 0 bridgehead atoms. The number of halogens is 9. The molecule has 2 aromatic carbocycles. The summed E-state index contributed by atoms with van der Waals surface area (Å²) in [4.78, 5) is 12.4. The van der Waals surface area contributed by atoms with Gasteiger partial charge in [-0.2, -0.15) is 39.5 Å². The Morgan fingerprint density at radius 3 is 2.08 bits per heavy atom. The van der Waals surface area contributed by atoms with Gasteiger partial charge in [-0.25, -0.2) is 0 Å². The van der Waals surface area contributed by atoms with Crippen LogP contribution in [0.5, 0.6) is 0 Å². The third-order valence-electron chi connectivity index (χ3n) is 6.41. The van der Waals surface area contributed by atoms with Crippen LogP contribution in [0.15, 0.2) is 36.4 Å². The second kappa shape index (κ2) is 11.4. The van der Waals surface area contributed by atoms with Crippen LogP contribution in [-0.4, -0.2) is 26.2 Å². The fourth-order valence-electron chi connectivity index (χ4n) is 4.41. The van der Waals surface area contributed by atoms with E-state index in [1.807, 2.05) is 11.8 Å². The molecule has 2 atom stereocenters. The number of fused-ring (bicyclic) bond motifs is 1. The number of carbonyl (C=O) groups excluding carboxylic acids is 1. The number of carbonyl (C=O) groups is 1. The Morgan fingerprint density at radius 2 is 1.55 bits per heavy atom. The summed E-state index contributed by atoms with van der Waals surface area (Å²) in [6.07, 6.45) is -13.8. The fraction of sp³-hybridized carbons (Fsp3) is 0.480. The van der Waals surface area contributed by atoms with Crippen LogP contribution in [0.2, 0.25) is 0 Å². The highest BCUT2D eigenvalue weighted by molar-refractivity contribution is 5.59. The molecule has 38 heavy (non-hydrogen) atoms. The normalized spacial score (nSPS) is 17.2. The number of anilines is 1. The summed E-state index contributed by atoms with van der Waals surface area (Å²) in [5.41, 5.74) is -3.50. The van der Waals surface area contributed by atoms with Gasteiger partial charge in [0.1, 0.15) is 0 Å². The first-order chi connectivity index (χ1) is 17.6. The van der Waals surface area contributed by atoms with Crippen LogP contribution in [-0.2, 0) is 34.6 Å². The zero-order valence-corrected chi connectivity index (χ0v) is 20.1. The predicted octanol–water partition coefficient (Wildman–Crippen LogP) is 6.98. The molecular formula is C25H25F9N2O2. The number of hydrogen-bond acceptors (Lipinski definition) is 4. The molecule has 3 rings (SSSR count). The van der Waals surface area contributed by atoms with E-state index < -0.39 is 47.8 Å². The van der Waals surface area contributed by atoms with Crippen molar-refractivity contribution in [2.45, 2.75) is 50.9 Å². The van der Waals surface area contributed by atoms with Crippen molar-refractivity contribution >= 4 is 12.2 Å². The van der Waals surface area contributed by atoms with Crippen molar-refractivity contribution in [2.24, 2.45) is 5.92 Å².